The van der Waals surface area contributed by atoms with Gasteiger partial charge in [-0.1, -0.05) is 55.7 Å². The Labute approximate surface area is 303 Å². The van der Waals surface area contributed by atoms with E-state index in [0.717, 1.165) is 10.5 Å². The summed E-state index contributed by atoms with van der Waals surface area (Å²) in [5, 5.41) is 0.308. The summed E-state index contributed by atoms with van der Waals surface area (Å²) in [6, 6.07) is 20.2. The van der Waals surface area contributed by atoms with E-state index in [2.05, 4.69) is 53.9 Å². The Balaban J connectivity index is 0.000000194. The molecule has 2 aliphatic rings. The Kier molecular flexibility index (Phi) is 11.7. The molecule has 0 spiro atoms. The van der Waals surface area contributed by atoms with Gasteiger partial charge in [-0.3, -0.25) is 4.99 Å². The Morgan fingerprint density at radius 1 is 1.06 bits per heavy atom. The van der Waals surface area contributed by atoms with Crippen molar-refractivity contribution in [3.63, 3.8) is 0 Å². The van der Waals surface area contributed by atoms with Crippen LogP contribution in [0.4, 0.5) is 23.2 Å². The van der Waals surface area contributed by atoms with Crippen LogP contribution in [0.5, 0.6) is 0 Å². The molecule has 0 saturated heterocycles. The Bertz CT molecular complexity index is 2000. The highest BCUT2D eigenvalue weighted by atomic mass is 35.5. The van der Waals surface area contributed by atoms with Crippen LogP contribution >= 0.6 is 35.6 Å². The predicted molar refractivity (Wildman–Crippen MR) is 195 cm³/mol. The molecule has 50 heavy (non-hydrogen) atoms. The molecule has 0 radical (unpaired) electrons. The fourth-order valence-corrected chi connectivity index (χ4v) is 7.26. The number of carbonyl (C=O) groups excluding carboxylic acids is 1. The summed E-state index contributed by atoms with van der Waals surface area (Å²) >= 11 is 13.1. The number of rotatable bonds is 4. The van der Waals surface area contributed by atoms with Crippen LogP contribution < -0.4 is 4.90 Å². The molecule has 258 valence electrons. The van der Waals surface area contributed by atoms with Gasteiger partial charge in [0.1, 0.15) is 23.0 Å². The van der Waals surface area contributed by atoms with Crippen molar-refractivity contribution in [2.75, 3.05) is 30.3 Å². The summed E-state index contributed by atoms with van der Waals surface area (Å²) in [4.78, 5) is 22.5. The van der Waals surface area contributed by atoms with E-state index in [1.54, 1.807) is 25.1 Å². The maximum absolute atomic E-state index is 14.2. The van der Waals surface area contributed by atoms with Gasteiger partial charge >= 0.3 is 12.1 Å². The Hall–Kier alpha value is -4.24. The van der Waals surface area contributed by atoms with Crippen LogP contribution in [-0.2, 0) is 10.2 Å². The first-order valence-corrected chi connectivity index (χ1v) is 17.4. The third-order valence-electron chi connectivity index (χ3n) is 7.95. The second-order valence-electron chi connectivity index (χ2n) is 12.0. The molecule has 6 rings (SSSR count). The van der Waals surface area contributed by atoms with Crippen LogP contribution in [0.2, 0.25) is 5.02 Å². The summed E-state index contributed by atoms with van der Waals surface area (Å²) in [6.45, 7) is 5.32. The van der Waals surface area contributed by atoms with Crippen molar-refractivity contribution in [1.29, 1.82) is 0 Å². The van der Waals surface area contributed by atoms with E-state index >= 15 is 0 Å². The van der Waals surface area contributed by atoms with Crippen LogP contribution in [0, 0.1) is 17.7 Å². The van der Waals surface area contributed by atoms with E-state index in [-0.39, 0.29) is 39.9 Å². The summed E-state index contributed by atoms with van der Waals surface area (Å²) in [7, 11) is 0. The zero-order valence-corrected chi connectivity index (χ0v) is 29.8. The van der Waals surface area contributed by atoms with Crippen LogP contribution in [0.25, 0.3) is 0 Å². The van der Waals surface area contributed by atoms with E-state index in [0.29, 0.717) is 28.5 Å². The van der Waals surface area contributed by atoms with Gasteiger partial charge in [0.05, 0.1) is 30.1 Å². The van der Waals surface area contributed by atoms with Gasteiger partial charge in [-0.2, -0.15) is 13.2 Å². The standard InChI is InChI=1S/C21H21NO2S.C17H11ClF4N2S/c1-4-24-20(23)16-7-9-17(22-14-16)8-5-15-6-10-19-18(13-15)21(2,3)11-12-25-19;18-10-5-6-14-12(7-10)16(11-3-1-2-4-13(11)19)23-8-15(25)24(14)9-17(20,21)22/h6-7,9-10,13-14H,4,11-12H2,1-3H3;1-7H,8-9H2. The number of benzene rings is 3. The van der Waals surface area contributed by atoms with E-state index in [9.17, 15) is 22.4 Å². The third-order valence-corrected chi connectivity index (χ3v) is 9.61. The lowest BCUT2D eigenvalue weighted by atomic mass is 9.81. The number of aromatic nitrogens is 1. The lowest BCUT2D eigenvalue weighted by Crippen LogP contribution is -2.39. The van der Waals surface area contributed by atoms with Crippen molar-refractivity contribution in [2.45, 2.75) is 43.7 Å². The fourth-order valence-electron chi connectivity index (χ4n) is 5.37. The van der Waals surface area contributed by atoms with Gasteiger partial charge in [0.25, 0.3) is 0 Å². The smallest absolute Gasteiger partial charge is 0.406 e. The molecular formula is C38H32ClF4N3O2S2. The molecule has 2 aliphatic heterocycles. The minimum absolute atomic E-state index is 0.00670. The molecule has 12 heteroatoms. The normalized spacial score (nSPS) is 14.8. The first-order valence-electron chi connectivity index (χ1n) is 15.6. The number of hydrogen-bond donors (Lipinski definition) is 0. The van der Waals surface area contributed by atoms with E-state index in [4.69, 9.17) is 28.6 Å². The predicted octanol–water partition coefficient (Wildman–Crippen LogP) is 9.46. The summed E-state index contributed by atoms with van der Waals surface area (Å²) in [6.07, 6.45) is -1.77. The lowest BCUT2D eigenvalue weighted by Gasteiger charge is -2.32. The number of ether oxygens (including phenoxy) is 1. The molecule has 1 aromatic heterocycles. The number of halogens is 5. The minimum Gasteiger partial charge on any atom is -0.462 e. The monoisotopic (exact) mass is 737 g/mol. The molecule has 0 atom stereocenters. The van der Waals surface area contributed by atoms with E-state index in [1.165, 1.54) is 65.2 Å². The number of anilines is 1. The van der Waals surface area contributed by atoms with Crippen molar-refractivity contribution in [1.82, 2.24) is 4.98 Å². The average Bonchev–Trinajstić information content (AvgIpc) is 3.19. The van der Waals surface area contributed by atoms with Gasteiger partial charge in [-0.25, -0.2) is 14.2 Å². The highest BCUT2D eigenvalue weighted by Gasteiger charge is 2.35. The number of benzodiazepines with no additional fused rings is 1. The van der Waals surface area contributed by atoms with Crippen molar-refractivity contribution in [3.05, 3.63) is 123 Å². The number of pyridine rings is 1. The van der Waals surface area contributed by atoms with Gasteiger partial charge < -0.3 is 9.64 Å². The highest BCUT2D eigenvalue weighted by molar-refractivity contribution is 7.99. The second-order valence-corrected chi connectivity index (χ2v) is 14.0. The fraction of sp³-hybridized carbons (Fsp3) is 0.263. The van der Waals surface area contributed by atoms with Crippen LogP contribution in [-0.4, -0.2) is 53.3 Å². The lowest BCUT2D eigenvalue weighted by molar-refractivity contribution is -0.117. The molecule has 0 fully saturated rings. The number of esters is 1. The molecule has 0 N–H and O–H groups in total. The van der Waals surface area contributed by atoms with Crippen molar-refractivity contribution in [2.24, 2.45) is 4.99 Å². The molecule has 5 nitrogen and oxygen atoms in total. The van der Waals surface area contributed by atoms with Gasteiger partial charge in [0.15, 0.2) is 0 Å². The molecule has 0 aliphatic carbocycles. The number of hydrogen-bond acceptors (Lipinski definition) is 6. The SMILES string of the molecule is CCOC(=O)c1ccc(C#Cc2ccc3c(c2)C(C)(C)CCS3)nc1.Fc1ccccc1C1=NCC(=S)N(CC(F)(F)F)c2ccc(Cl)cc21. The summed E-state index contributed by atoms with van der Waals surface area (Å²) < 4.78 is 58.1. The first-order chi connectivity index (χ1) is 23.8. The van der Waals surface area contributed by atoms with Gasteiger partial charge in [-0.05, 0) is 96.7 Å². The van der Waals surface area contributed by atoms with Crippen LogP contribution in [0.1, 0.15) is 65.5 Å². The molecule has 0 bridgehead atoms. The zero-order valence-electron chi connectivity index (χ0n) is 27.4. The number of thioether (sulfide) groups is 1. The summed E-state index contributed by atoms with van der Waals surface area (Å²) in [5.74, 6) is 6.54. The number of fused-ring (bicyclic) bond motifs is 2. The molecule has 3 heterocycles. The maximum atomic E-state index is 14.2. The number of thiocarbonyl (C=S) groups is 1. The number of alkyl halides is 3. The Morgan fingerprint density at radius 3 is 2.54 bits per heavy atom. The van der Waals surface area contributed by atoms with Crippen molar-refractivity contribution in [3.8, 4) is 11.8 Å². The molecule has 4 aromatic rings. The van der Waals surface area contributed by atoms with Crippen LogP contribution in [0.3, 0.4) is 0 Å². The molecule has 3 aromatic carbocycles. The first kappa shape index (κ1) is 37.0. The topological polar surface area (TPSA) is 54.8 Å². The van der Waals surface area contributed by atoms with E-state index in [1.807, 2.05) is 11.8 Å². The third kappa shape index (κ3) is 9.10. The highest BCUT2D eigenvalue weighted by Crippen LogP contribution is 2.41. The molecule has 0 unspecified atom stereocenters. The zero-order chi connectivity index (χ0) is 36.1. The molecular weight excluding hydrogens is 706 g/mol. The molecule has 0 saturated carbocycles. The number of aliphatic imine (C=N–C) groups is 1. The number of carbonyl (C=O) groups is 1. The van der Waals surface area contributed by atoms with Gasteiger partial charge in [-0.15, -0.1) is 11.8 Å². The quantitative estimate of drug-likeness (QED) is 0.0901. The van der Waals surface area contributed by atoms with Crippen LogP contribution in [0.15, 0.2) is 88.9 Å². The number of nitrogens with zero attached hydrogens (tertiary/aromatic N) is 3. The Morgan fingerprint density at radius 2 is 1.84 bits per heavy atom. The second kappa shape index (κ2) is 15.8. The summed E-state index contributed by atoms with van der Waals surface area (Å²) in [5.41, 5.74) is 4.56. The van der Waals surface area contributed by atoms with Gasteiger partial charge in [0.2, 0.25) is 0 Å². The largest absolute Gasteiger partial charge is 0.462 e. The van der Waals surface area contributed by atoms with Crippen molar-refractivity contribution < 1.29 is 27.1 Å². The average molecular weight is 738 g/mol. The molecule has 0 amide bonds. The van der Waals surface area contributed by atoms with Gasteiger partial charge in [0, 0.05) is 32.8 Å². The van der Waals surface area contributed by atoms with Crippen molar-refractivity contribution >= 4 is 57.9 Å². The maximum Gasteiger partial charge on any atom is 0.406 e. The van der Waals surface area contributed by atoms with E-state index < -0.39 is 18.5 Å². The minimum atomic E-state index is -4.45.